The highest BCUT2D eigenvalue weighted by Gasteiger charge is 2.26. The van der Waals surface area contributed by atoms with E-state index in [9.17, 15) is 4.79 Å². The van der Waals surface area contributed by atoms with Gasteiger partial charge in [-0.15, -0.1) is 0 Å². The van der Waals surface area contributed by atoms with Gasteiger partial charge in [-0.3, -0.25) is 0 Å². The van der Waals surface area contributed by atoms with Gasteiger partial charge in [0.05, 0.1) is 0 Å². The van der Waals surface area contributed by atoms with Crippen LogP contribution in [0.1, 0.15) is 26.6 Å². The second-order valence-electron chi connectivity index (χ2n) is 5.91. The predicted molar refractivity (Wildman–Crippen MR) is 79.6 cm³/mol. The Kier molecular flexibility index (Phi) is 4.51. The maximum atomic E-state index is 12.0. The molecule has 1 aliphatic rings. The Hall–Kier alpha value is -1.63. The topological polar surface area (TPSA) is 71.5 Å². The molecular weight excluding hydrogens is 294 g/mol. The second kappa shape index (κ2) is 6.01. The van der Waals surface area contributed by atoms with Gasteiger partial charge in [0, 0.05) is 26.2 Å². The predicted octanol–water partition coefficient (Wildman–Crippen LogP) is 1.89. The van der Waals surface area contributed by atoms with Gasteiger partial charge in [-0.1, -0.05) is 0 Å². The fourth-order valence-electron chi connectivity index (χ4n) is 1.99. The molecule has 0 aromatic carbocycles. The number of hydrogen-bond donors (Lipinski definition) is 0. The molecule has 0 unspecified atom stereocenters. The molecule has 1 amide bonds. The molecule has 116 valence electrons. The highest BCUT2D eigenvalue weighted by Crippen LogP contribution is 2.15. The molecule has 0 radical (unpaired) electrons. The van der Waals surface area contributed by atoms with Crippen LogP contribution in [0.5, 0.6) is 0 Å². The molecule has 21 heavy (non-hydrogen) atoms. The molecule has 0 N–H and O–H groups in total. The van der Waals surface area contributed by atoms with Crippen LogP contribution < -0.4 is 4.90 Å². The van der Waals surface area contributed by atoms with Gasteiger partial charge >= 0.3 is 6.09 Å². The van der Waals surface area contributed by atoms with E-state index in [1.54, 1.807) is 11.8 Å². The minimum Gasteiger partial charge on any atom is -0.444 e. The third-order valence-corrected chi connectivity index (χ3v) is 3.09. The van der Waals surface area contributed by atoms with E-state index in [0.29, 0.717) is 38.0 Å². The van der Waals surface area contributed by atoms with E-state index in [4.69, 9.17) is 16.3 Å². The molecule has 0 spiro atoms. The van der Waals surface area contributed by atoms with Gasteiger partial charge in [0.1, 0.15) is 11.4 Å². The average molecular weight is 314 g/mol. The van der Waals surface area contributed by atoms with Gasteiger partial charge in [0.25, 0.3) is 0 Å². The molecule has 0 saturated carbocycles. The number of hydrogen-bond acceptors (Lipinski definition) is 6. The molecule has 1 fully saturated rings. The zero-order chi connectivity index (χ0) is 15.6. The summed E-state index contributed by atoms with van der Waals surface area (Å²) >= 11 is 5.85. The second-order valence-corrected chi connectivity index (χ2v) is 6.24. The molecule has 0 atom stereocenters. The molecule has 1 aromatic rings. The summed E-state index contributed by atoms with van der Waals surface area (Å²) in [7, 11) is 0. The van der Waals surface area contributed by atoms with Crippen LogP contribution in [-0.2, 0) is 4.74 Å². The van der Waals surface area contributed by atoms with Crippen LogP contribution in [0, 0.1) is 6.92 Å². The normalized spacial score (nSPS) is 16.0. The summed E-state index contributed by atoms with van der Waals surface area (Å²) in [5, 5.41) is 0.187. The van der Waals surface area contributed by atoms with Crippen molar-refractivity contribution in [3.8, 4) is 0 Å². The molecule has 1 aliphatic heterocycles. The van der Waals surface area contributed by atoms with Gasteiger partial charge in [-0.2, -0.15) is 9.97 Å². The highest BCUT2D eigenvalue weighted by molar-refractivity contribution is 6.28. The Morgan fingerprint density at radius 3 is 2.29 bits per heavy atom. The van der Waals surface area contributed by atoms with Crippen molar-refractivity contribution in [3.63, 3.8) is 0 Å². The number of anilines is 1. The van der Waals surface area contributed by atoms with Crippen molar-refractivity contribution in [2.24, 2.45) is 0 Å². The van der Waals surface area contributed by atoms with E-state index >= 15 is 0 Å². The molecule has 2 heterocycles. The lowest BCUT2D eigenvalue weighted by Gasteiger charge is -2.35. The molecule has 1 aromatic heterocycles. The first-order valence-corrected chi connectivity index (χ1v) is 7.23. The van der Waals surface area contributed by atoms with Gasteiger partial charge < -0.3 is 14.5 Å². The van der Waals surface area contributed by atoms with Crippen LogP contribution in [0.25, 0.3) is 0 Å². The summed E-state index contributed by atoms with van der Waals surface area (Å²) in [5.41, 5.74) is -0.479. The van der Waals surface area contributed by atoms with Gasteiger partial charge in [0.2, 0.25) is 11.2 Å². The van der Waals surface area contributed by atoms with Crippen molar-refractivity contribution in [2.45, 2.75) is 33.3 Å². The Labute approximate surface area is 129 Å². The summed E-state index contributed by atoms with van der Waals surface area (Å²) in [4.78, 5) is 28.0. The molecule has 1 saturated heterocycles. The van der Waals surface area contributed by atoms with E-state index in [1.165, 1.54) is 0 Å². The van der Waals surface area contributed by atoms with Crippen molar-refractivity contribution in [3.05, 3.63) is 11.1 Å². The number of amides is 1. The van der Waals surface area contributed by atoms with Crippen molar-refractivity contribution >= 4 is 23.6 Å². The van der Waals surface area contributed by atoms with Crippen molar-refractivity contribution < 1.29 is 9.53 Å². The largest absolute Gasteiger partial charge is 0.444 e. The zero-order valence-electron chi connectivity index (χ0n) is 12.8. The van der Waals surface area contributed by atoms with Gasteiger partial charge in [-0.05, 0) is 39.3 Å². The monoisotopic (exact) mass is 313 g/mol. The number of carbonyl (C=O) groups is 1. The minimum atomic E-state index is -0.479. The SMILES string of the molecule is Cc1nc(Cl)nc(N2CCN(C(=O)OC(C)(C)C)CC2)n1. The molecule has 7 nitrogen and oxygen atoms in total. The van der Waals surface area contributed by atoms with Crippen molar-refractivity contribution in [2.75, 3.05) is 31.1 Å². The summed E-state index contributed by atoms with van der Waals surface area (Å²) in [6.07, 6.45) is -0.285. The van der Waals surface area contributed by atoms with Crippen molar-refractivity contribution in [1.29, 1.82) is 0 Å². The first kappa shape index (κ1) is 15.8. The molecular formula is C13H20ClN5O2. The number of rotatable bonds is 1. The number of carbonyl (C=O) groups excluding carboxylic acids is 1. The van der Waals surface area contributed by atoms with Crippen LogP contribution in [0.3, 0.4) is 0 Å². The van der Waals surface area contributed by atoms with Gasteiger partial charge in [0.15, 0.2) is 0 Å². The van der Waals surface area contributed by atoms with Crippen LogP contribution in [0.15, 0.2) is 0 Å². The fraction of sp³-hybridized carbons (Fsp3) is 0.692. The van der Waals surface area contributed by atoms with E-state index in [2.05, 4.69) is 15.0 Å². The lowest BCUT2D eigenvalue weighted by Crippen LogP contribution is -2.50. The number of piperazine rings is 1. The Bertz CT molecular complexity index is 504. The fourth-order valence-corrected chi connectivity index (χ4v) is 2.19. The van der Waals surface area contributed by atoms with E-state index in [1.807, 2.05) is 25.7 Å². The van der Waals surface area contributed by atoms with Crippen LogP contribution >= 0.6 is 11.6 Å². The Balaban J connectivity index is 1.95. The number of nitrogens with zero attached hydrogens (tertiary/aromatic N) is 5. The Morgan fingerprint density at radius 2 is 1.76 bits per heavy atom. The molecule has 0 aliphatic carbocycles. The molecule has 8 heteroatoms. The number of ether oxygens (including phenoxy) is 1. The quantitative estimate of drug-likeness (QED) is 0.788. The molecule has 2 rings (SSSR count). The first-order valence-electron chi connectivity index (χ1n) is 6.86. The summed E-state index contributed by atoms with van der Waals surface area (Å²) in [5.74, 6) is 1.14. The highest BCUT2D eigenvalue weighted by atomic mass is 35.5. The number of aryl methyl sites for hydroxylation is 1. The maximum absolute atomic E-state index is 12.0. The van der Waals surface area contributed by atoms with Crippen LogP contribution in [-0.4, -0.2) is 57.7 Å². The molecule has 0 bridgehead atoms. The lowest BCUT2D eigenvalue weighted by molar-refractivity contribution is 0.0240. The maximum Gasteiger partial charge on any atom is 0.410 e. The number of aromatic nitrogens is 3. The summed E-state index contributed by atoms with van der Waals surface area (Å²) in [6, 6.07) is 0. The first-order chi connectivity index (χ1) is 9.74. The lowest BCUT2D eigenvalue weighted by atomic mass is 10.2. The number of halogens is 1. The van der Waals surface area contributed by atoms with Gasteiger partial charge in [-0.25, -0.2) is 9.78 Å². The third kappa shape index (κ3) is 4.42. The Morgan fingerprint density at radius 1 is 1.14 bits per heavy atom. The zero-order valence-corrected chi connectivity index (χ0v) is 13.5. The van der Waals surface area contributed by atoms with E-state index in [0.717, 1.165) is 0 Å². The van der Waals surface area contributed by atoms with Crippen LogP contribution in [0.2, 0.25) is 5.28 Å². The smallest absolute Gasteiger partial charge is 0.410 e. The van der Waals surface area contributed by atoms with E-state index in [-0.39, 0.29) is 11.4 Å². The van der Waals surface area contributed by atoms with Crippen LogP contribution in [0.4, 0.5) is 10.7 Å². The van der Waals surface area contributed by atoms with Crippen molar-refractivity contribution in [1.82, 2.24) is 19.9 Å². The average Bonchev–Trinajstić information content (AvgIpc) is 2.35. The summed E-state index contributed by atoms with van der Waals surface area (Å²) in [6.45, 7) is 9.75. The standard InChI is InChI=1S/C13H20ClN5O2/c1-9-15-10(14)17-11(16-9)18-5-7-19(8-6-18)12(20)21-13(2,3)4/h5-8H2,1-4H3. The minimum absolute atomic E-state index is 0.187. The third-order valence-electron chi connectivity index (χ3n) is 2.92. The van der Waals surface area contributed by atoms with E-state index < -0.39 is 5.60 Å². The summed E-state index contributed by atoms with van der Waals surface area (Å²) < 4.78 is 5.36.